The molecule has 0 heterocycles. The summed E-state index contributed by atoms with van der Waals surface area (Å²) < 4.78 is 119. The van der Waals surface area contributed by atoms with E-state index in [0.29, 0.717) is 12.1 Å². The van der Waals surface area contributed by atoms with Gasteiger partial charge in [-0.3, -0.25) is 9.52 Å². The van der Waals surface area contributed by atoms with Gasteiger partial charge in [0.2, 0.25) is 0 Å². The molecule has 0 aliphatic heterocycles. The molecule has 0 unspecified atom stereocenters. The van der Waals surface area contributed by atoms with Crippen LogP contribution >= 0.6 is 0 Å². The minimum absolute atomic E-state index is 0.355. The zero-order valence-corrected chi connectivity index (χ0v) is 17.3. The van der Waals surface area contributed by atoms with Gasteiger partial charge in [-0.25, -0.2) is 12.8 Å². The van der Waals surface area contributed by atoms with Crippen LogP contribution in [0.1, 0.15) is 35.2 Å². The molecule has 3 fully saturated rings. The molecule has 2 aromatic carbocycles. The van der Waals surface area contributed by atoms with E-state index in [1.165, 1.54) is 0 Å². The molecule has 33 heavy (non-hydrogen) atoms. The van der Waals surface area contributed by atoms with Crippen molar-refractivity contribution in [3.05, 3.63) is 59.4 Å². The summed E-state index contributed by atoms with van der Waals surface area (Å²) in [6.45, 7) is 0. The quantitative estimate of drug-likeness (QED) is 0.581. The molecule has 0 aromatic heterocycles. The summed E-state index contributed by atoms with van der Waals surface area (Å²) in [5.41, 5.74) is -5.48. The van der Waals surface area contributed by atoms with Crippen LogP contribution in [0.5, 0.6) is 0 Å². The van der Waals surface area contributed by atoms with E-state index >= 15 is 0 Å². The maximum absolute atomic E-state index is 13.2. The maximum Gasteiger partial charge on any atom is 0.416 e. The highest BCUT2D eigenvalue weighted by Crippen LogP contribution is 2.73. The number of benzene rings is 2. The first-order chi connectivity index (χ1) is 15.1. The molecule has 3 saturated carbocycles. The van der Waals surface area contributed by atoms with Gasteiger partial charge in [0.05, 0.1) is 27.1 Å². The van der Waals surface area contributed by atoms with Crippen molar-refractivity contribution in [2.45, 2.75) is 42.0 Å². The van der Waals surface area contributed by atoms with Gasteiger partial charge in [0.1, 0.15) is 5.82 Å². The largest absolute Gasteiger partial charge is 0.416 e. The highest BCUT2D eigenvalue weighted by atomic mass is 32.2. The van der Waals surface area contributed by atoms with Crippen molar-refractivity contribution in [2.75, 3.05) is 4.72 Å². The number of rotatable bonds is 5. The summed E-state index contributed by atoms with van der Waals surface area (Å²) in [4.78, 5) is 12.2. The van der Waals surface area contributed by atoms with Gasteiger partial charge in [-0.1, -0.05) is 0 Å². The number of halogens is 7. The number of alkyl halides is 6. The van der Waals surface area contributed by atoms with Gasteiger partial charge in [0.25, 0.3) is 15.9 Å². The molecule has 2 bridgehead atoms. The van der Waals surface area contributed by atoms with Crippen molar-refractivity contribution >= 4 is 21.6 Å². The van der Waals surface area contributed by atoms with Crippen LogP contribution in [0, 0.1) is 11.2 Å². The van der Waals surface area contributed by atoms with Crippen molar-refractivity contribution in [3.8, 4) is 0 Å². The lowest BCUT2D eigenvalue weighted by Gasteiger charge is -2.70. The zero-order chi connectivity index (χ0) is 24.4. The van der Waals surface area contributed by atoms with E-state index in [0.717, 1.165) is 30.3 Å². The van der Waals surface area contributed by atoms with E-state index in [2.05, 4.69) is 5.32 Å². The molecule has 3 aliphatic carbocycles. The fraction of sp³-hybridized carbons (Fsp3) is 0.350. The van der Waals surface area contributed by atoms with Gasteiger partial charge < -0.3 is 5.32 Å². The highest BCUT2D eigenvalue weighted by molar-refractivity contribution is 7.92. The predicted molar refractivity (Wildman–Crippen MR) is 101 cm³/mol. The third-order valence-corrected chi connectivity index (χ3v) is 7.35. The monoisotopic (exact) mass is 496 g/mol. The van der Waals surface area contributed by atoms with E-state index in [4.69, 9.17) is 0 Å². The Morgan fingerprint density at radius 2 is 1.48 bits per heavy atom. The number of sulfonamides is 1. The van der Waals surface area contributed by atoms with E-state index in [1.54, 1.807) is 0 Å². The lowest BCUT2D eigenvalue weighted by atomic mass is 9.39. The van der Waals surface area contributed by atoms with E-state index < -0.39 is 66.8 Å². The van der Waals surface area contributed by atoms with Crippen molar-refractivity contribution in [3.63, 3.8) is 0 Å². The van der Waals surface area contributed by atoms with Crippen molar-refractivity contribution in [1.29, 1.82) is 0 Å². The Balaban J connectivity index is 1.62. The Hall–Kier alpha value is -2.83. The van der Waals surface area contributed by atoms with Crippen LogP contribution in [0.3, 0.4) is 0 Å². The molecule has 0 radical (unpaired) electrons. The molecule has 5 nitrogen and oxygen atoms in total. The summed E-state index contributed by atoms with van der Waals surface area (Å²) in [6, 6.07) is 5.12. The summed E-state index contributed by atoms with van der Waals surface area (Å²) in [5.74, 6) is -1.76. The highest BCUT2D eigenvalue weighted by Gasteiger charge is 2.79. The fourth-order valence-electron chi connectivity index (χ4n) is 4.35. The standard InChI is InChI=1S/C20H15F7N2O3S/c21-12-2-4-13(5-3-12)33(31,32)29-15-7-11(19(22,23)24)1-6-14(15)16(30)28-18-8-17(9-18,10-18)20(25,26)27/h1-7,29H,8-10H2,(H,28,30). The van der Waals surface area contributed by atoms with Crippen LogP contribution in [0.4, 0.5) is 36.4 Å². The van der Waals surface area contributed by atoms with Crippen LogP contribution < -0.4 is 10.0 Å². The lowest BCUT2D eigenvalue weighted by molar-refractivity contribution is -0.336. The number of nitrogens with one attached hydrogen (secondary N) is 2. The molecular weight excluding hydrogens is 481 g/mol. The molecule has 13 heteroatoms. The second kappa shape index (κ2) is 7.08. The number of carbonyl (C=O) groups is 1. The minimum atomic E-state index is -4.86. The first-order valence-corrected chi connectivity index (χ1v) is 10.9. The molecule has 0 saturated heterocycles. The number of hydrogen-bond donors (Lipinski definition) is 2. The van der Waals surface area contributed by atoms with Gasteiger partial charge in [0.15, 0.2) is 0 Å². The van der Waals surface area contributed by atoms with Gasteiger partial charge in [-0.05, 0) is 61.7 Å². The predicted octanol–water partition coefficient (Wildman–Crippen LogP) is 4.86. The molecule has 2 aromatic rings. The summed E-state index contributed by atoms with van der Waals surface area (Å²) in [6.07, 6.45) is -10.4. The van der Waals surface area contributed by atoms with Crippen molar-refractivity contribution < 1.29 is 43.9 Å². The number of carbonyl (C=O) groups excluding carboxylic acids is 1. The Bertz CT molecular complexity index is 1200. The number of amides is 1. The van der Waals surface area contributed by atoms with Crippen LogP contribution in [0.15, 0.2) is 47.4 Å². The first-order valence-electron chi connectivity index (χ1n) is 9.45. The zero-order valence-electron chi connectivity index (χ0n) is 16.4. The average molecular weight is 496 g/mol. The van der Waals surface area contributed by atoms with E-state index in [1.807, 2.05) is 4.72 Å². The molecule has 5 rings (SSSR count). The maximum atomic E-state index is 13.2. The number of hydrogen-bond acceptors (Lipinski definition) is 3. The summed E-state index contributed by atoms with van der Waals surface area (Å²) in [7, 11) is -4.52. The second-order valence-electron chi connectivity index (χ2n) is 8.36. The SMILES string of the molecule is O=C(NC12CC(C(F)(F)F)(C1)C2)c1ccc(C(F)(F)F)cc1NS(=O)(=O)c1ccc(F)cc1. The Morgan fingerprint density at radius 1 is 0.909 bits per heavy atom. The van der Waals surface area contributed by atoms with E-state index in [9.17, 15) is 43.9 Å². The lowest BCUT2D eigenvalue weighted by Crippen LogP contribution is -2.78. The smallest absolute Gasteiger partial charge is 0.346 e. The Labute approximate surface area is 183 Å². The van der Waals surface area contributed by atoms with Gasteiger partial charge in [0, 0.05) is 5.54 Å². The molecule has 0 spiro atoms. The average Bonchev–Trinajstić information content (AvgIpc) is 2.61. The fourth-order valence-corrected chi connectivity index (χ4v) is 5.42. The molecule has 2 N–H and O–H groups in total. The van der Waals surface area contributed by atoms with Crippen LogP contribution in [-0.4, -0.2) is 26.0 Å². The normalized spacial score (nSPS) is 24.5. The van der Waals surface area contributed by atoms with Crippen molar-refractivity contribution in [1.82, 2.24) is 5.32 Å². The topological polar surface area (TPSA) is 75.3 Å². The first kappa shape index (κ1) is 23.3. The third kappa shape index (κ3) is 4.02. The Morgan fingerprint density at radius 3 is 2.00 bits per heavy atom. The molecule has 0 atom stereocenters. The third-order valence-electron chi connectivity index (χ3n) is 5.97. The molecule has 3 aliphatic rings. The summed E-state index contributed by atoms with van der Waals surface area (Å²) in [5, 5.41) is 2.40. The van der Waals surface area contributed by atoms with Crippen molar-refractivity contribution in [2.24, 2.45) is 5.41 Å². The molecule has 1 amide bonds. The van der Waals surface area contributed by atoms with Gasteiger partial charge in [-0.2, -0.15) is 26.3 Å². The van der Waals surface area contributed by atoms with Crippen LogP contribution in [0.25, 0.3) is 0 Å². The van der Waals surface area contributed by atoms with Gasteiger partial charge in [-0.15, -0.1) is 0 Å². The van der Waals surface area contributed by atoms with Gasteiger partial charge >= 0.3 is 12.4 Å². The second-order valence-corrected chi connectivity index (χ2v) is 10.0. The Kier molecular flexibility index (Phi) is 5.01. The molecule has 178 valence electrons. The summed E-state index contributed by atoms with van der Waals surface area (Å²) >= 11 is 0. The molecular formula is C20H15F7N2O3S. The minimum Gasteiger partial charge on any atom is -0.346 e. The van der Waals surface area contributed by atoms with Crippen LogP contribution in [0.2, 0.25) is 0 Å². The van der Waals surface area contributed by atoms with Crippen LogP contribution in [-0.2, 0) is 16.2 Å². The van der Waals surface area contributed by atoms with E-state index in [-0.39, 0.29) is 19.3 Å². The number of anilines is 1.